The zero-order valence-electron chi connectivity index (χ0n) is 12.8. The van der Waals surface area contributed by atoms with Crippen molar-refractivity contribution in [2.24, 2.45) is 0 Å². The molecule has 0 aliphatic carbocycles. The summed E-state index contributed by atoms with van der Waals surface area (Å²) in [5, 5.41) is 1.19. The standard InChI is InChI=1S/C17H25N3/c1-4-6-11-20(13(3)5-2)17-9-10-19-16-12-14(18)7-8-15(16)17/h7-10,12-13H,4-6,11,18H2,1-3H3. The minimum atomic E-state index is 0.532. The van der Waals surface area contributed by atoms with Crippen LogP contribution in [0.2, 0.25) is 0 Å². The Kier molecular flexibility index (Phi) is 4.83. The summed E-state index contributed by atoms with van der Waals surface area (Å²) in [7, 11) is 0. The van der Waals surface area contributed by atoms with Gasteiger partial charge in [0.25, 0.3) is 0 Å². The van der Waals surface area contributed by atoms with Crippen molar-refractivity contribution in [3.63, 3.8) is 0 Å². The van der Waals surface area contributed by atoms with Crippen LogP contribution in [0, 0.1) is 0 Å². The van der Waals surface area contributed by atoms with Crippen LogP contribution < -0.4 is 10.6 Å². The predicted molar refractivity (Wildman–Crippen MR) is 88.2 cm³/mol. The summed E-state index contributed by atoms with van der Waals surface area (Å²) in [6, 6.07) is 8.66. The maximum atomic E-state index is 5.86. The second-order valence-electron chi connectivity index (χ2n) is 5.41. The van der Waals surface area contributed by atoms with Crippen LogP contribution in [0.25, 0.3) is 10.9 Å². The lowest BCUT2D eigenvalue weighted by atomic mass is 10.1. The largest absolute Gasteiger partial charge is 0.399 e. The lowest BCUT2D eigenvalue weighted by Crippen LogP contribution is -2.33. The van der Waals surface area contributed by atoms with Crippen molar-refractivity contribution >= 4 is 22.3 Å². The van der Waals surface area contributed by atoms with Crippen LogP contribution in [0.5, 0.6) is 0 Å². The van der Waals surface area contributed by atoms with E-state index >= 15 is 0 Å². The number of nitrogens with two attached hydrogens (primary N) is 1. The van der Waals surface area contributed by atoms with E-state index in [4.69, 9.17) is 5.73 Å². The number of benzene rings is 1. The summed E-state index contributed by atoms with van der Waals surface area (Å²) in [5.41, 5.74) is 8.89. The molecular weight excluding hydrogens is 246 g/mol. The van der Waals surface area contributed by atoms with Gasteiger partial charge in [-0.3, -0.25) is 4.98 Å². The van der Waals surface area contributed by atoms with E-state index in [9.17, 15) is 0 Å². The fraction of sp³-hybridized carbons (Fsp3) is 0.471. The molecule has 1 heterocycles. The van der Waals surface area contributed by atoms with Gasteiger partial charge in [0.2, 0.25) is 0 Å². The fourth-order valence-electron chi connectivity index (χ4n) is 2.53. The molecular formula is C17H25N3. The molecule has 0 saturated carbocycles. The second kappa shape index (κ2) is 6.60. The smallest absolute Gasteiger partial charge is 0.0743 e. The van der Waals surface area contributed by atoms with Crippen molar-refractivity contribution in [2.75, 3.05) is 17.2 Å². The normalized spacial score (nSPS) is 12.6. The first-order chi connectivity index (χ1) is 9.67. The van der Waals surface area contributed by atoms with E-state index in [1.165, 1.54) is 23.9 Å². The molecule has 2 aromatic rings. The Hall–Kier alpha value is -1.77. The van der Waals surface area contributed by atoms with E-state index < -0.39 is 0 Å². The molecule has 0 amide bonds. The summed E-state index contributed by atoms with van der Waals surface area (Å²) in [4.78, 5) is 6.95. The Morgan fingerprint density at radius 2 is 2.05 bits per heavy atom. The number of hydrogen-bond acceptors (Lipinski definition) is 3. The van der Waals surface area contributed by atoms with Gasteiger partial charge in [-0.25, -0.2) is 0 Å². The Morgan fingerprint density at radius 3 is 2.75 bits per heavy atom. The van der Waals surface area contributed by atoms with E-state index in [2.05, 4.69) is 42.8 Å². The Morgan fingerprint density at radius 1 is 1.25 bits per heavy atom. The number of nitrogen functional groups attached to an aromatic ring is 1. The molecule has 3 nitrogen and oxygen atoms in total. The zero-order valence-corrected chi connectivity index (χ0v) is 12.8. The third kappa shape index (κ3) is 3.03. The predicted octanol–water partition coefficient (Wildman–Crippen LogP) is 4.22. The Balaban J connectivity index is 2.46. The number of nitrogens with zero attached hydrogens (tertiary/aromatic N) is 2. The average molecular weight is 271 g/mol. The van der Waals surface area contributed by atoms with Crippen LogP contribution in [-0.4, -0.2) is 17.6 Å². The van der Waals surface area contributed by atoms with Crippen molar-refractivity contribution in [1.82, 2.24) is 4.98 Å². The molecule has 1 atom stereocenters. The van der Waals surface area contributed by atoms with Gasteiger partial charge in [0, 0.05) is 35.5 Å². The van der Waals surface area contributed by atoms with Gasteiger partial charge >= 0.3 is 0 Å². The first-order valence-corrected chi connectivity index (χ1v) is 7.58. The van der Waals surface area contributed by atoms with Gasteiger partial charge in [0.05, 0.1) is 5.52 Å². The van der Waals surface area contributed by atoms with E-state index in [1.807, 2.05) is 18.3 Å². The molecule has 1 aromatic heterocycles. The molecule has 2 rings (SSSR count). The van der Waals surface area contributed by atoms with E-state index in [1.54, 1.807) is 0 Å². The van der Waals surface area contributed by atoms with E-state index in [0.29, 0.717) is 6.04 Å². The molecule has 0 fully saturated rings. The van der Waals surface area contributed by atoms with E-state index in [-0.39, 0.29) is 0 Å². The van der Waals surface area contributed by atoms with Gasteiger partial charge in [-0.2, -0.15) is 0 Å². The van der Waals surface area contributed by atoms with Crippen molar-refractivity contribution in [1.29, 1.82) is 0 Å². The van der Waals surface area contributed by atoms with Crippen LogP contribution in [0.1, 0.15) is 40.0 Å². The number of aromatic nitrogens is 1. The third-order valence-corrected chi connectivity index (χ3v) is 3.93. The van der Waals surface area contributed by atoms with Crippen molar-refractivity contribution in [3.05, 3.63) is 30.5 Å². The molecule has 0 saturated heterocycles. The Labute approximate surface area is 121 Å². The zero-order chi connectivity index (χ0) is 14.5. The van der Waals surface area contributed by atoms with Crippen LogP contribution in [0.3, 0.4) is 0 Å². The van der Waals surface area contributed by atoms with Gasteiger partial charge < -0.3 is 10.6 Å². The quantitative estimate of drug-likeness (QED) is 0.800. The number of pyridine rings is 1. The monoisotopic (exact) mass is 271 g/mol. The highest BCUT2D eigenvalue weighted by atomic mass is 15.2. The number of hydrogen-bond donors (Lipinski definition) is 1. The van der Waals surface area contributed by atoms with Gasteiger partial charge in [0.15, 0.2) is 0 Å². The average Bonchev–Trinajstić information content (AvgIpc) is 2.47. The molecule has 0 radical (unpaired) electrons. The van der Waals surface area contributed by atoms with Crippen molar-refractivity contribution in [2.45, 2.75) is 46.1 Å². The summed E-state index contributed by atoms with van der Waals surface area (Å²) >= 11 is 0. The first kappa shape index (κ1) is 14.6. The molecule has 1 unspecified atom stereocenters. The molecule has 0 aliphatic rings. The molecule has 0 aliphatic heterocycles. The van der Waals surface area contributed by atoms with Crippen LogP contribution in [0.4, 0.5) is 11.4 Å². The van der Waals surface area contributed by atoms with Gasteiger partial charge in [0.1, 0.15) is 0 Å². The maximum absolute atomic E-state index is 5.86. The fourth-order valence-corrected chi connectivity index (χ4v) is 2.53. The minimum absolute atomic E-state index is 0.532. The number of fused-ring (bicyclic) bond motifs is 1. The van der Waals surface area contributed by atoms with Crippen molar-refractivity contribution < 1.29 is 0 Å². The topological polar surface area (TPSA) is 42.2 Å². The summed E-state index contributed by atoms with van der Waals surface area (Å²) in [6.07, 6.45) is 5.45. The second-order valence-corrected chi connectivity index (χ2v) is 5.41. The van der Waals surface area contributed by atoms with Crippen LogP contribution >= 0.6 is 0 Å². The highest BCUT2D eigenvalue weighted by molar-refractivity contribution is 5.93. The van der Waals surface area contributed by atoms with Crippen LogP contribution in [0.15, 0.2) is 30.5 Å². The number of anilines is 2. The highest BCUT2D eigenvalue weighted by Crippen LogP contribution is 2.29. The SMILES string of the molecule is CCCCN(c1ccnc2cc(N)ccc12)C(C)CC. The molecule has 3 heteroatoms. The summed E-state index contributed by atoms with van der Waals surface area (Å²) < 4.78 is 0. The molecule has 0 spiro atoms. The van der Waals surface area contributed by atoms with Crippen molar-refractivity contribution in [3.8, 4) is 0 Å². The summed E-state index contributed by atoms with van der Waals surface area (Å²) in [6.45, 7) is 7.86. The van der Waals surface area contributed by atoms with Gasteiger partial charge in [-0.05, 0) is 44.0 Å². The van der Waals surface area contributed by atoms with Gasteiger partial charge in [-0.15, -0.1) is 0 Å². The Bertz CT molecular complexity index is 565. The molecule has 0 bridgehead atoms. The van der Waals surface area contributed by atoms with E-state index in [0.717, 1.165) is 24.2 Å². The third-order valence-electron chi connectivity index (χ3n) is 3.93. The lowest BCUT2D eigenvalue weighted by molar-refractivity contribution is 0.597. The summed E-state index contributed by atoms with van der Waals surface area (Å²) in [5.74, 6) is 0. The lowest BCUT2D eigenvalue weighted by Gasteiger charge is -2.31. The molecule has 20 heavy (non-hydrogen) atoms. The minimum Gasteiger partial charge on any atom is -0.399 e. The molecule has 1 aromatic carbocycles. The number of unbranched alkanes of at least 4 members (excludes halogenated alkanes) is 1. The van der Waals surface area contributed by atoms with Crippen LogP contribution in [-0.2, 0) is 0 Å². The molecule has 108 valence electrons. The van der Waals surface area contributed by atoms with Gasteiger partial charge in [-0.1, -0.05) is 20.3 Å². The maximum Gasteiger partial charge on any atom is 0.0743 e. The molecule has 2 N–H and O–H groups in total. The highest BCUT2D eigenvalue weighted by Gasteiger charge is 2.15. The number of rotatable bonds is 6. The first-order valence-electron chi connectivity index (χ1n) is 7.58.